The van der Waals surface area contributed by atoms with Crippen molar-refractivity contribution in [1.82, 2.24) is 0 Å². The van der Waals surface area contributed by atoms with Gasteiger partial charge in [0.25, 0.3) is 0 Å². The van der Waals surface area contributed by atoms with Gasteiger partial charge in [-0.05, 0) is 52.2 Å². The van der Waals surface area contributed by atoms with Crippen LogP contribution >= 0.6 is 0 Å². The van der Waals surface area contributed by atoms with Crippen LogP contribution in [0.2, 0.25) is 0 Å². The number of fused-ring (bicyclic) bond motifs is 1. The van der Waals surface area contributed by atoms with Crippen LogP contribution in [-0.4, -0.2) is 7.11 Å². The highest BCUT2D eigenvalue weighted by molar-refractivity contribution is 5.88. The molecule has 0 amide bonds. The summed E-state index contributed by atoms with van der Waals surface area (Å²) in [4.78, 5) is 0. The van der Waals surface area contributed by atoms with E-state index in [0.717, 1.165) is 33.3 Å². The molecule has 0 bridgehead atoms. The Morgan fingerprint density at radius 1 is 0.920 bits per heavy atom. The maximum absolute atomic E-state index is 8.78. The second-order valence-corrected chi connectivity index (χ2v) is 5.43. The summed E-state index contributed by atoms with van der Waals surface area (Å²) in [5.74, 6) is 0.837. The minimum atomic E-state index is 0.0325. The van der Waals surface area contributed by atoms with Crippen molar-refractivity contribution in [3.05, 3.63) is 72.4 Å². The topological polar surface area (TPSA) is 68.8 Å². The van der Waals surface area contributed by atoms with Gasteiger partial charge in [-0.15, -0.1) is 0 Å². The zero-order chi connectivity index (χ0) is 17.6. The predicted molar refractivity (Wildman–Crippen MR) is 98.9 cm³/mol. The van der Waals surface area contributed by atoms with Crippen LogP contribution in [0.3, 0.4) is 0 Å². The van der Waals surface area contributed by atoms with Gasteiger partial charge in [-0.25, -0.2) is 0 Å². The molecule has 0 atom stereocenters. The minimum Gasteiger partial charge on any atom is -0.497 e. The van der Waals surface area contributed by atoms with Gasteiger partial charge < -0.3 is 10.1 Å². The standard InChI is InChI=1S/C21H15N3O/c1-25-21-8-7-18-9-17(5-6-19(18)11-21)16-3-2-4-20(10-16)24-14-15(12-22)13-23/h2-11,14,24H,1H3. The first-order chi connectivity index (χ1) is 12.2. The molecule has 120 valence electrons. The van der Waals surface area contributed by atoms with E-state index < -0.39 is 0 Å². The maximum atomic E-state index is 8.78. The van der Waals surface area contributed by atoms with E-state index in [1.165, 1.54) is 6.20 Å². The summed E-state index contributed by atoms with van der Waals surface area (Å²) in [6.45, 7) is 0. The lowest BCUT2D eigenvalue weighted by molar-refractivity contribution is 0.415. The summed E-state index contributed by atoms with van der Waals surface area (Å²) in [6.07, 6.45) is 1.41. The molecule has 0 heterocycles. The van der Waals surface area contributed by atoms with Crippen LogP contribution in [-0.2, 0) is 0 Å². The molecule has 0 saturated carbocycles. The Kier molecular flexibility index (Phi) is 4.65. The molecule has 0 unspecified atom stereocenters. The first-order valence-electron chi connectivity index (χ1n) is 7.68. The molecule has 0 aliphatic carbocycles. The fourth-order valence-electron chi connectivity index (χ4n) is 2.56. The highest BCUT2D eigenvalue weighted by atomic mass is 16.5. The highest BCUT2D eigenvalue weighted by Gasteiger charge is 2.02. The summed E-state index contributed by atoms with van der Waals surface area (Å²) < 4.78 is 5.26. The van der Waals surface area contributed by atoms with E-state index in [4.69, 9.17) is 15.3 Å². The molecule has 0 radical (unpaired) electrons. The first-order valence-corrected chi connectivity index (χ1v) is 7.68. The molecule has 0 fully saturated rings. The number of methoxy groups -OCH3 is 1. The van der Waals surface area contributed by atoms with Crippen molar-refractivity contribution in [2.24, 2.45) is 0 Å². The zero-order valence-electron chi connectivity index (χ0n) is 13.7. The number of rotatable bonds is 4. The van der Waals surface area contributed by atoms with E-state index in [2.05, 4.69) is 23.5 Å². The van der Waals surface area contributed by atoms with Gasteiger partial charge in [0.1, 0.15) is 23.5 Å². The third-order valence-corrected chi connectivity index (χ3v) is 3.87. The van der Waals surface area contributed by atoms with Gasteiger partial charge in [-0.1, -0.05) is 30.3 Å². The second kappa shape index (κ2) is 7.21. The highest BCUT2D eigenvalue weighted by Crippen LogP contribution is 2.28. The molecule has 0 aliphatic heterocycles. The molecule has 3 rings (SSSR count). The molecule has 0 saturated heterocycles. The molecule has 4 nitrogen and oxygen atoms in total. The predicted octanol–water partition coefficient (Wildman–Crippen LogP) is 4.86. The molecule has 0 aliphatic rings. The Labute approximate surface area is 146 Å². The lowest BCUT2D eigenvalue weighted by Crippen LogP contribution is -1.90. The van der Waals surface area contributed by atoms with Gasteiger partial charge in [-0.3, -0.25) is 0 Å². The van der Waals surface area contributed by atoms with Crippen molar-refractivity contribution in [3.8, 4) is 29.0 Å². The van der Waals surface area contributed by atoms with Crippen molar-refractivity contribution in [3.63, 3.8) is 0 Å². The van der Waals surface area contributed by atoms with Crippen LogP contribution in [0.15, 0.2) is 72.4 Å². The van der Waals surface area contributed by atoms with E-state index >= 15 is 0 Å². The number of nitrogens with zero attached hydrogens (tertiary/aromatic N) is 2. The zero-order valence-corrected chi connectivity index (χ0v) is 13.7. The summed E-state index contributed by atoms with van der Waals surface area (Å²) >= 11 is 0. The minimum absolute atomic E-state index is 0.0325. The molecule has 4 heteroatoms. The Morgan fingerprint density at radius 3 is 2.40 bits per heavy atom. The molecule has 3 aromatic carbocycles. The fraction of sp³-hybridized carbons (Fsp3) is 0.0476. The van der Waals surface area contributed by atoms with Crippen molar-refractivity contribution >= 4 is 16.5 Å². The van der Waals surface area contributed by atoms with E-state index in [1.54, 1.807) is 7.11 Å². The van der Waals surface area contributed by atoms with Gasteiger partial charge in [-0.2, -0.15) is 10.5 Å². The summed E-state index contributed by atoms with van der Waals surface area (Å²) in [5.41, 5.74) is 2.98. The van der Waals surface area contributed by atoms with Crippen LogP contribution in [0.25, 0.3) is 21.9 Å². The summed E-state index contributed by atoms with van der Waals surface area (Å²) in [5, 5.41) is 22.8. The number of hydrogen-bond acceptors (Lipinski definition) is 4. The molecular weight excluding hydrogens is 310 g/mol. The average Bonchev–Trinajstić information content (AvgIpc) is 2.68. The Balaban J connectivity index is 1.93. The van der Waals surface area contributed by atoms with E-state index in [9.17, 15) is 0 Å². The van der Waals surface area contributed by atoms with Crippen molar-refractivity contribution < 1.29 is 4.74 Å². The lowest BCUT2D eigenvalue weighted by atomic mass is 10.0. The smallest absolute Gasteiger partial charge is 0.145 e. The fourth-order valence-corrected chi connectivity index (χ4v) is 2.56. The maximum Gasteiger partial charge on any atom is 0.145 e. The second-order valence-electron chi connectivity index (χ2n) is 5.43. The van der Waals surface area contributed by atoms with Gasteiger partial charge in [0.05, 0.1) is 7.11 Å². The number of ether oxygens (including phenoxy) is 1. The average molecular weight is 325 g/mol. The largest absolute Gasteiger partial charge is 0.497 e. The molecule has 3 aromatic rings. The summed E-state index contributed by atoms with van der Waals surface area (Å²) in [7, 11) is 1.66. The number of allylic oxidation sites excluding steroid dienone is 1. The Bertz CT molecular complexity index is 1020. The van der Waals surface area contributed by atoms with E-state index in [0.29, 0.717) is 0 Å². The number of hydrogen-bond donors (Lipinski definition) is 1. The van der Waals surface area contributed by atoms with E-state index in [1.807, 2.05) is 54.6 Å². The number of nitrogens with one attached hydrogen (secondary N) is 1. The van der Waals surface area contributed by atoms with Crippen LogP contribution in [0.5, 0.6) is 5.75 Å². The third kappa shape index (κ3) is 3.60. The number of nitriles is 2. The SMILES string of the molecule is COc1ccc2cc(-c3cccc(NC=C(C#N)C#N)c3)ccc2c1. The monoisotopic (exact) mass is 325 g/mol. The molecule has 25 heavy (non-hydrogen) atoms. The molecular formula is C21H15N3O. The Morgan fingerprint density at radius 2 is 1.64 bits per heavy atom. The van der Waals surface area contributed by atoms with Gasteiger partial charge in [0.2, 0.25) is 0 Å². The van der Waals surface area contributed by atoms with Crippen LogP contribution in [0, 0.1) is 22.7 Å². The number of benzene rings is 3. The number of anilines is 1. The van der Waals surface area contributed by atoms with Crippen molar-refractivity contribution in [2.75, 3.05) is 12.4 Å². The molecule has 0 aromatic heterocycles. The Hall–Kier alpha value is -3.76. The van der Waals surface area contributed by atoms with Crippen LogP contribution in [0.1, 0.15) is 0 Å². The van der Waals surface area contributed by atoms with Crippen molar-refractivity contribution in [2.45, 2.75) is 0 Å². The van der Waals surface area contributed by atoms with Crippen molar-refractivity contribution in [1.29, 1.82) is 10.5 Å². The lowest BCUT2D eigenvalue weighted by Gasteiger charge is -2.08. The van der Waals surface area contributed by atoms with E-state index in [-0.39, 0.29) is 5.57 Å². The molecule has 0 spiro atoms. The molecule has 1 N–H and O–H groups in total. The normalized spacial score (nSPS) is 9.72. The summed E-state index contributed by atoms with van der Waals surface area (Å²) in [6, 6.07) is 23.7. The quantitative estimate of drug-likeness (QED) is 0.696. The van der Waals surface area contributed by atoms with Crippen LogP contribution < -0.4 is 10.1 Å². The van der Waals surface area contributed by atoms with Crippen LogP contribution in [0.4, 0.5) is 5.69 Å². The van der Waals surface area contributed by atoms with Gasteiger partial charge in [0.15, 0.2) is 0 Å². The van der Waals surface area contributed by atoms with Gasteiger partial charge >= 0.3 is 0 Å². The van der Waals surface area contributed by atoms with Gasteiger partial charge in [0, 0.05) is 11.9 Å². The third-order valence-electron chi connectivity index (χ3n) is 3.87. The first kappa shape index (κ1) is 16.1.